The molecule has 0 atom stereocenters. The van der Waals surface area contributed by atoms with Crippen molar-refractivity contribution >= 4 is 17.3 Å². The molecule has 7 heteroatoms. The average Bonchev–Trinajstić information content (AvgIpc) is 3.11. The number of thiazole rings is 1. The van der Waals surface area contributed by atoms with Gasteiger partial charge < -0.3 is 10.6 Å². The summed E-state index contributed by atoms with van der Waals surface area (Å²) in [6.07, 6.45) is 5.18. The second-order valence-electron chi connectivity index (χ2n) is 7.03. The van der Waals surface area contributed by atoms with Gasteiger partial charge in [0.2, 0.25) is 0 Å². The van der Waals surface area contributed by atoms with E-state index in [1.807, 2.05) is 25.4 Å². The van der Waals surface area contributed by atoms with Crippen molar-refractivity contribution in [2.24, 2.45) is 10.9 Å². The molecule has 2 N–H and O–H groups in total. The molecule has 146 valence electrons. The van der Waals surface area contributed by atoms with E-state index in [1.54, 1.807) is 11.3 Å². The number of nitrogens with zero attached hydrogens (tertiary/aromatic N) is 4. The topological polar surface area (TPSA) is 65.4 Å². The van der Waals surface area contributed by atoms with Crippen molar-refractivity contribution in [3.63, 3.8) is 0 Å². The van der Waals surface area contributed by atoms with Crippen LogP contribution in [0.3, 0.4) is 0 Å². The smallest absolute Gasteiger partial charge is 0.190 e. The van der Waals surface area contributed by atoms with Crippen LogP contribution in [-0.2, 0) is 13.0 Å². The number of guanidine groups is 1. The van der Waals surface area contributed by atoms with E-state index in [0.717, 1.165) is 55.8 Å². The van der Waals surface area contributed by atoms with Crippen molar-refractivity contribution in [3.8, 4) is 0 Å². The first kappa shape index (κ1) is 19.8. The highest BCUT2D eigenvalue weighted by Crippen LogP contribution is 2.19. The summed E-state index contributed by atoms with van der Waals surface area (Å²) in [6, 6.07) is 6.02. The van der Waals surface area contributed by atoms with Gasteiger partial charge in [0.1, 0.15) is 0 Å². The molecule has 0 amide bonds. The Bertz CT molecular complexity index is 706. The van der Waals surface area contributed by atoms with Crippen molar-refractivity contribution < 1.29 is 0 Å². The summed E-state index contributed by atoms with van der Waals surface area (Å²) >= 11 is 1.74. The van der Waals surface area contributed by atoms with Gasteiger partial charge in [0.05, 0.1) is 10.7 Å². The van der Waals surface area contributed by atoms with Gasteiger partial charge >= 0.3 is 0 Å². The van der Waals surface area contributed by atoms with Gasteiger partial charge in [-0.25, -0.2) is 4.98 Å². The minimum Gasteiger partial charge on any atom is -0.356 e. The molecule has 27 heavy (non-hydrogen) atoms. The molecule has 2 aromatic heterocycles. The first-order chi connectivity index (χ1) is 13.2. The molecule has 0 saturated carbocycles. The molecule has 1 fully saturated rings. The minimum absolute atomic E-state index is 0.702. The highest BCUT2D eigenvalue weighted by molar-refractivity contribution is 7.09. The standard InChI is InChI=1S/C20H30N6S/c1-16-25-19(15-27-16)14-26-11-7-17(8-12-26)13-24-20(21-2)23-10-6-18-5-3-4-9-22-18/h3-5,9,15,17H,6-8,10-14H2,1-2H3,(H2,21,23,24). The molecule has 2 aromatic rings. The van der Waals surface area contributed by atoms with E-state index in [1.165, 1.54) is 18.5 Å². The fourth-order valence-electron chi connectivity index (χ4n) is 3.38. The lowest BCUT2D eigenvalue weighted by Crippen LogP contribution is -2.43. The molecule has 0 spiro atoms. The van der Waals surface area contributed by atoms with Crippen LogP contribution in [0.2, 0.25) is 0 Å². The number of aromatic nitrogens is 2. The molecule has 0 aromatic carbocycles. The predicted octanol–water partition coefficient (Wildman–Crippen LogP) is 2.47. The Hall–Kier alpha value is -1.99. The third-order valence-corrected chi connectivity index (χ3v) is 5.76. The Labute approximate surface area is 166 Å². The maximum Gasteiger partial charge on any atom is 0.190 e. The van der Waals surface area contributed by atoms with Crippen LogP contribution in [0.4, 0.5) is 0 Å². The predicted molar refractivity (Wildman–Crippen MR) is 112 cm³/mol. The quantitative estimate of drug-likeness (QED) is 0.565. The zero-order valence-electron chi connectivity index (χ0n) is 16.3. The fraction of sp³-hybridized carbons (Fsp3) is 0.550. The van der Waals surface area contributed by atoms with Gasteiger partial charge in [0.25, 0.3) is 0 Å². The number of piperidine rings is 1. The van der Waals surface area contributed by atoms with Crippen LogP contribution in [0.5, 0.6) is 0 Å². The zero-order valence-corrected chi connectivity index (χ0v) is 17.1. The molecule has 1 aliphatic rings. The molecule has 1 saturated heterocycles. The van der Waals surface area contributed by atoms with E-state index in [9.17, 15) is 0 Å². The lowest BCUT2D eigenvalue weighted by molar-refractivity contribution is 0.176. The van der Waals surface area contributed by atoms with E-state index in [-0.39, 0.29) is 0 Å². The molecule has 3 heterocycles. The Kier molecular flexibility index (Phi) is 7.59. The largest absolute Gasteiger partial charge is 0.356 e. The fourth-order valence-corrected chi connectivity index (χ4v) is 3.98. The van der Waals surface area contributed by atoms with Crippen LogP contribution in [0.15, 0.2) is 34.8 Å². The SMILES string of the molecule is CN=C(NCCc1ccccn1)NCC1CCN(Cc2csc(C)n2)CC1. The average molecular weight is 387 g/mol. The summed E-state index contributed by atoms with van der Waals surface area (Å²) in [4.78, 5) is 15.8. The summed E-state index contributed by atoms with van der Waals surface area (Å²) in [5.41, 5.74) is 2.31. The van der Waals surface area contributed by atoms with Crippen LogP contribution in [0.25, 0.3) is 0 Å². The zero-order chi connectivity index (χ0) is 18.9. The summed E-state index contributed by atoms with van der Waals surface area (Å²) < 4.78 is 0. The van der Waals surface area contributed by atoms with E-state index in [0.29, 0.717) is 5.92 Å². The first-order valence-corrected chi connectivity index (χ1v) is 10.6. The molecule has 0 radical (unpaired) electrons. The van der Waals surface area contributed by atoms with Gasteiger partial charge in [-0.2, -0.15) is 0 Å². The molecule has 0 aliphatic carbocycles. The van der Waals surface area contributed by atoms with Crippen LogP contribution >= 0.6 is 11.3 Å². The van der Waals surface area contributed by atoms with Crippen molar-refractivity contribution in [2.45, 2.75) is 32.7 Å². The number of aryl methyl sites for hydroxylation is 1. The van der Waals surface area contributed by atoms with Crippen LogP contribution < -0.4 is 10.6 Å². The lowest BCUT2D eigenvalue weighted by Gasteiger charge is -2.31. The van der Waals surface area contributed by atoms with Crippen molar-refractivity contribution in [2.75, 3.05) is 33.2 Å². The normalized spacial score (nSPS) is 16.4. The summed E-state index contributed by atoms with van der Waals surface area (Å²) in [6.45, 7) is 7.17. The summed E-state index contributed by atoms with van der Waals surface area (Å²) in [7, 11) is 1.83. The third kappa shape index (κ3) is 6.59. The van der Waals surface area contributed by atoms with Gasteiger partial charge in [-0.3, -0.25) is 14.9 Å². The second-order valence-corrected chi connectivity index (χ2v) is 8.09. The molecular weight excluding hydrogens is 356 g/mol. The highest BCUT2D eigenvalue weighted by Gasteiger charge is 2.20. The number of hydrogen-bond acceptors (Lipinski definition) is 5. The number of rotatable bonds is 7. The molecular formula is C20H30N6S. The van der Waals surface area contributed by atoms with Crippen LogP contribution in [0, 0.1) is 12.8 Å². The number of likely N-dealkylation sites (tertiary alicyclic amines) is 1. The Morgan fingerprint density at radius 3 is 2.78 bits per heavy atom. The van der Waals surface area contributed by atoms with E-state index >= 15 is 0 Å². The Balaban J connectivity index is 1.32. The Morgan fingerprint density at radius 1 is 1.26 bits per heavy atom. The number of nitrogens with one attached hydrogen (secondary N) is 2. The maximum atomic E-state index is 4.58. The van der Waals surface area contributed by atoms with Gasteiger partial charge in [0, 0.05) is 50.4 Å². The molecule has 3 rings (SSSR count). The maximum absolute atomic E-state index is 4.58. The van der Waals surface area contributed by atoms with Gasteiger partial charge in [-0.1, -0.05) is 6.07 Å². The monoisotopic (exact) mass is 386 g/mol. The van der Waals surface area contributed by atoms with Gasteiger partial charge in [-0.05, 0) is 50.9 Å². The van der Waals surface area contributed by atoms with Crippen molar-refractivity contribution in [1.82, 2.24) is 25.5 Å². The van der Waals surface area contributed by atoms with Gasteiger partial charge in [0.15, 0.2) is 5.96 Å². The number of aliphatic imine (C=N–C) groups is 1. The summed E-state index contributed by atoms with van der Waals surface area (Å²) in [5.74, 6) is 1.58. The van der Waals surface area contributed by atoms with Crippen molar-refractivity contribution in [1.29, 1.82) is 0 Å². The van der Waals surface area contributed by atoms with E-state index in [2.05, 4.69) is 48.9 Å². The molecule has 0 bridgehead atoms. The third-order valence-electron chi connectivity index (χ3n) is 4.94. The minimum atomic E-state index is 0.702. The summed E-state index contributed by atoms with van der Waals surface area (Å²) in [5, 5.41) is 10.2. The van der Waals surface area contributed by atoms with Crippen molar-refractivity contribution in [3.05, 3.63) is 46.2 Å². The van der Waals surface area contributed by atoms with Crippen LogP contribution in [-0.4, -0.2) is 54.1 Å². The van der Waals surface area contributed by atoms with E-state index < -0.39 is 0 Å². The van der Waals surface area contributed by atoms with Crippen LogP contribution in [0.1, 0.15) is 29.2 Å². The Morgan fingerprint density at radius 2 is 2.11 bits per heavy atom. The lowest BCUT2D eigenvalue weighted by atomic mass is 9.97. The number of hydrogen-bond donors (Lipinski definition) is 2. The highest BCUT2D eigenvalue weighted by atomic mass is 32.1. The molecule has 0 unspecified atom stereocenters. The first-order valence-electron chi connectivity index (χ1n) is 9.70. The molecule has 6 nitrogen and oxygen atoms in total. The molecule has 1 aliphatic heterocycles. The van der Waals surface area contributed by atoms with Gasteiger partial charge in [-0.15, -0.1) is 11.3 Å². The number of pyridine rings is 1. The van der Waals surface area contributed by atoms with E-state index in [4.69, 9.17) is 0 Å². The second kappa shape index (κ2) is 10.4.